The Bertz CT molecular complexity index is 646. The van der Waals surface area contributed by atoms with E-state index in [1.165, 1.54) is 19.1 Å². The molecule has 4 N–H and O–H groups in total. The lowest BCUT2D eigenvalue weighted by molar-refractivity contribution is -0.162. The molecule has 0 aliphatic heterocycles. The van der Waals surface area contributed by atoms with E-state index in [1.807, 2.05) is 0 Å². The van der Waals surface area contributed by atoms with E-state index in [9.17, 15) is 24.3 Å². The fourth-order valence-corrected chi connectivity index (χ4v) is 2.45. The maximum atomic E-state index is 12.3. The Morgan fingerprint density at radius 2 is 1.54 bits per heavy atom. The fourth-order valence-electron chi connectivity index (χ4n) is 2.45. The SMILES string of the molecule is COC(=O)C(C(=O)OC)[C@@H](C)[C@H](NC(=O)[C@@H](O)c1ccccc1)C(N)=O. The van der Waals surface area contributed by atoms with Gasteiger partial charge in [0, 0.05) is 5.92 Å². The maximum absolute atomic E-state index is 12.3. The summed E-state index contributed by atoms with van der Waals surface area (Å²) < 4.78 is 9.11. The molecule has 0 aliphatic rings. The largest absolute Gasteiger partial charge is 0.468 e. The van der Waals surface area contributed by atoms with Crippen LogP contribution in [0.3, 0.4) is 0 Å². The van der Waals surface area contributed by atoms with Crippen LogP contribution in [0.15, 0.2) is 30.3 Å². The zero-order valence-electron chi connectivity index (χ0n) is 14.7. The lowest BCUT2D eigenvalue weighted by atomic mass is 9.86. The van der Waals surface area contributed by atoms with Gasteiger partial charge in [0.25, 0.3) is 5.91 Å². The molecule has 1 aromatic rings. The van der Waals surface area contributed by atoms with Crippen molar-refractivity contribution in [3.05, 3.63) is 35.9 Å². The standard InChI is InChI=1S/C17H22N2O7/c1-9(11(16(23)25-2)17(24)26-3)12(14(18)21)19-15(22)13(20)10-7-5-4-6-8-10/h4-9,11-13,20H,1-3H3,(H2,18,21)(H,19,22)/t9-,12+,13+/m1/s1. The predicted molar refractivity (Wildman–Crippen MR) is 89.2 cm³/mol. The molecular formula is C17H22N2O7. The minimum Gasteiger partial charge on any atom is -0.468 e. The number of rotatable bonds is 8. The third-order valence-electron chi connectivity index (χ3n) is 3.93. The third-order valence-corrected chi connectivity index (χ3v) is 3.93. The normalized spacial score (nSPS) is 14.0. The average Bonchev–Trinajstić information content (AvgIpc) is 2.65. The summed E-state index contributed by atoms with van der Waals surface area (Å²) in [5, 5.41) is 12.4. The van der Waals surface area contributed by atoms with Gasteiger partial charge in [-0.25, -0.2) is 0 Å². The molecule has 0 aliphatic carbocycles. The number of primary amides is 1. The summed E-state index contributed by atoms with van der Waals surface area (Å²) in [5.74, 6) is -6.30. The molecule has 1 rings (SSSR count). The summed E-state index contributed by atoms with van der Waals surface area (Å²) in [7, 11) is 2.14. The van der Waals surface area contributed by atoms with E-state index >= 15 is 0 Å². The van der Waals surface area contributed by atoms with E-state index in [1.54, 1.807) is 18.2 Å². The molecule has 0 aromatic heterocycles. The molecule has 2 amide bonds. The Morgan fingerprint density at radius 3 is 1.96 bits per heavy atom. The molecule has 0 radical (unpaired) electrons. The van der Waals surface area contributed by atoms with E-state index in [-0.39, 0.29) is 0 Å². The highest BCUT2D eigenvalue weighted by atomic mass is 16.5. The van der Waals surface area contributed by atoms with Crippen LogP contribution in [0, 0.1) is 11.8 Å². The number of ether oxygens (including phenoxy) is 2. The van der Waals surface area contributed by atoms with E-state index in [0.717, 1.165) is 14.2 Å². The van der Waals surface area contributed by atoms with Crippen LogP contribution >= 0.6 is 0 Å². The first-order chi connectivity index (χ1) is 12.2. The molecule has 0 heterocycles. The Hall–Kier alpha value is -2.94. The highest BCUT2D eigenvalue weighted by molar-refractivity contribution is 5.97. The smallest absolute Gasteiger partial charge is 0.320 e. The van der Waals surface area contributed by atoms with Gasteiger partial charge in [0.1, 0.15) is 6.04 Å². The van der Waals surface area contributed by atoms with Gasteiger partial charge in [-0.15, -0.1) is 0 Å². The molecule has 1 aromatic carbocycles. The molecule has 0 saturated heterocycles. The van der Waals surface area contributed by atoms with Crippen molar-refractivity contribution in [2.45, 2.75) is 19.1 Å². The Balaban J connectivity index is 3.03. The molecule has 3 atom stereocenters. The summed E-state index contributed by atoms with van der Waals surface area (Å²) in [5.41, 5.74) is 5.61. The molecule has 0 spiro atoms. The highest BCUT2D eigenvalue weighted by Crippen LogP contribution is 2.21. The summed E-state index contributed by atoms with van der Waals surface area (Å²) in [4.78, 5) is 47.8. The van der Waals surface area contributed by atoms with E-state index in [4.69, 9.17) is 5.73 Å². The van der Waals surface area contributed by atoms with Crippen LogP contribution in [0.1, 0.15) is 18.6 Å². The Morgan fingerprint density at radius 1 is 1.04 bits per heavy atom. The molecule has 0 fully saturated rings. The van der Waals surface area contributed by atoms with E-state index in [2.05, 4.69) is 14.8 Å². The van der Waals surface area contributed by atoms with Crippen LogP contribution in [0.2, 0.25) is 0 Å². The quantitative estimate of drug-likeness (QED) is 0.407. The van der Waals surface area contributed by atoms with Crippen LogP contribution < -0.4 is 11.1 Å². The van der Waals surface area contributed by atoms with Crippen LogP contribution in [0.5, 0.6) is 0 Å². The number of hydrogen-bond donors (Lipinski definition) is 3. The van der Waals surface area contributed by atoms with E-state index < -0.39 is 47.7 Å². The highest BCUT2D eigenvalue weighted by Gasteiger charge is 2.41. The van der Waals surface area contributed by atoms with Gasteiger partial charge in [0.05, 0.1) is 14.2 Å². The van der Waals surface area contributed by atoms with Crippen LogP contribution in [-0.2, 0) is 28.7 Å². The molecule has 9 heteroatoms. The van der Waals surface area contributed by atoms with Gasteiger partial charge < -0.3 is 25.6 Å². The first-order valence-electron chi connectivity index (χ1n) is 7.72. The van der Waals surface area contributed by atoms with E-state index in [0.29, 0.717) is 5.56 Å². The van der Waals surface area contributed by atoms with Gasteiger partial charge in [0.2, 0.25) is 5.91 Å². The maximum Gasteiger partial charge on any atom is 0.320 e. The minimum absolute atomic E-state index is 0.304. The van der Waals surface area contributed by atoms with Crippen molar-refractivity contribution in [3.8, 4) is 0 Å². The summed E-state index contributed by atoms with van der Waals surface area (Å²) in [6, 6.07) is 6.61. The summed E-state index contributed by atoms with van der Waals surface area (Å²) in [6.07, 6.45) is -1.56. The number of hydrogen-bond acceptors (Lipinski definition) is 7. The summed E-state index contributed by atoms with van der Waals surface area (Å²) >= 11 is 0. The van der Waals surface area contributed by atoms with Crippen LogP contribution in [0.25, 0.3) is 0 Å². The van der Waals surface area contributed by atoms with Gasteiger partial charge in [-0.05, 0) is 5.56 Å². The van der Waals surface area contributed by atoms with Crippen LogP contribution in [-0.4, -0.2) is 49.1 Å². The number of carbonyl (C=O) groups excluding carboxylic acids is 4. The van der Waals surface area contributed by atoms with Gasteiger partial charge >= 0.3 is 11.9 Å². The Labute approximate surface area is 150 Å². The number of nitrogens with two attached hydrogens (primary N) is 1. The summed E-state index contributed by atoms with van der Waals surface area (Å²) in [6.45, 7) is 1.36. The minimum atomic E-state index is -1.56. The lowest BCUT2D eigenvalue weighted by Crippen LogP contribution is -2.53. The van der Waals surface area contributed by atoms with Crippen molar-refractivity contribution < 1.29 is 33.8 Å². The van der Waals surface area contributed by atoms with Crippen molar-refractivity contribution in [1.29, 1.82) is 0 Å². The van der Waals surface area contributed by atoms with Gasteiger partial charge in [-0.3, -0.25) is 19.2 Å². The molecule has 142 valence electrons. The molecule has 26 heavy (non-hydrogen) atoms. The fraction of sp³-hybridized carbons (Fsp3) is 0.412. The van der Waals surface area contributed by atoms with Crippen molar-refractivity contribution in [2.24, 2.45) is 17.6 Å². The molecule has 0 saturated carbocycles. The van der Waals surface area contributed by atoms with Gasteiger partial charge in [-0.2, -0.15) is 0 Å². The van der Waals surface area contributed by atoms with Crippen molar-refractivity contribution in [1.82, 2.24) is 5.32 Å². The van der Waals surface area contributed by atoms with Crippen molar-refractivity contribution in [3.63, 3.8) is 0 Å². The number of nitrogens with one attached hydrogen (secondary N) is 1. The zero-order chi connectivity index (χ0) is 19.9. The first kappa shape index (κ1) is 21.1. The zero-order valence-corrected chi connectivity index (χ0v) is 14.7. The molecule has 0 bridgehead atoms. The van der Waals surface area contributed by atoms with Crippen molar-refractivity contribution >= 4 is 23.8 Å². The number of aliphatic hydroxyl groups is 1. The number of amides is 2. The lowest BCUT2D eigenvalue weighted by Gasteiger charge is -2.27. The van der Waals surface area contributed by atoms with Crippen LogP contribution in [0.4, 0.5) is 0 Å². The number of aliphatic hydroxyl groups excluding tert-OH is 1. The second-order valence-corrected chi connectivity index (χ2v) is 5.58. The second kappa shape index (κ2) is 9.52. The molecular weight excluding hydrogens is 344 g/mol. The van der Waals surface area contributed by atoms with Gasteiger partial charge in [-0.1, -0.05) is 37.3 Å². The Kier molecular flexibility index (Phi) is 7.73. The molecule has 0 unspecified atom stereocenters. The third kappa shape index (κ3) is 5.03. The topological polar surface area (TPSA) is 145 Å². The molecule has 9 nitrogen and oxygen atoms in total. The number of carbonyl (C=O) groups is 4. The predicted octanol–water partition coefficient (Wildman–Crippen LogP) is -0.712. The average molecular weight is 366 g/mol. The number of esters is 2. The monoisotopic (exact) mass is 366 g/mol. The van der Waals surface area contributed by atoms with Crippen molar-refractivity contribution in [2.75, 3.05) is 14.2 Å². The van der Waals surface area contributed by atoms with Gasteiger partial charge in [0.15, 0.2) is 12.0 Å². The number of methoxy groups -OCH3 is 2. The number of benzene rings is 1. The first-order valence-corrected chi connectivity index (χ1v) is 7.72. The second-order valence-electron chi connectivity index (χ2n) is 5.58.